The maximum Gasteiger partial charge on any atom is 0.0857 e. The van der Waals surface area contributed by atoms with Gasteiger partial charge in [-0.1, -0.05) is 0 Å². The molecule has 2 nitrogen and oxygen atoms in total. The third-order valence-electron chi connectivity index (χ3n) is 2.16. The molecule has 3 unspecified atom stereocenters. The SMILES string of the molecule is ClNC1CCC2OC2C1. The summed E-state index contributed by atoms with van der Waals surface area (Å²) >= 11 is 5.46. The van der Waals surface area contributed by atoms with Crippen LogP contribution in [-0.4, -0.2) is 18.2 Å². The van der Waals surface area contributed by atoms with Gasteiger partial charge in [0.15, 0.2) is 0 Å². The van der Waals surface area contributed by atoms with E-state index in [2.05, 4.69) is 4.84 Å². The molecule has 1 aliphatic heterocycles. The van der Waals surface area contributed by atoms with Crippen molar-refractivity contribution < 1.29 is 4.74 Å². The Morgan fingerprint density at radius 3 is 2.89 bits per heavy atom. The summed E-state index contributed by atoms with van der Waals surface area (Å²) in [5.41, 5.74) is 0. The molecule has 1 saturated heterocycles. The lowest BCUT2D eigenvalue weighted by Gasteiger charge is -2.15. The lowest BCUT2D eigenvalue weighted by Crippen LogP contribution is -2.27. The van der Waals surface area contributed by atoms with Crippen molar-refractivity contribution in [2.24, 2.45) is 0 Å². The minimum absolute atomic E-state index is 0.496. The highest BCUT2D eigenvalue weighted by molar-refractivity contribution is 6.13. The van der Waals surface area contributed by atoms with Crippen LogP contribution in [0.15, 0.2) is 0 Å². The molecular formula is C6H10ClNO. The van der Waals surface area contributed by atoms with E-state index in [0.717, 1.165) is 6.42 Å². The minimum atomic E-state index is 0.496. The van der Waals surface area contributed by atoms with Gasteiger partial charge >= 0.3 is 0 Å². The van der Waals surface area contributed by atoms with Crippen molar-refractivity contribution in [2.75, 3.05) is 0 Å². The summed E-state index contributed by atoms with van der Waals surface area (Å²) in [6, 6.07) is 0.496. The molecule has 1 N–H and O–H groups in total. The maximum absolute atomic E-state index is 5.46. The predicted molar refractivity (Wildman–Crippen MR) is 35.3 cm³/mol. The zero-order chi connectivity index (χ0) is 6.27. The number of hydrogen-bond donors (Lipinski definition) is 1. The molecule has 3 heteroatoms. The van der Waals surface area contributed by atoms with Crippen LogP contribution < -0.4 is 4.84 Å². The Balaban J connectivity index is 1.86. The first-order valence-electron chi connectivity index (χ1n) is 3.42. The average Bonchev–Trinajstić information content (AvgIpc) is 2.64. The van der Waals surface area contributed by atoms with Crippen molar-refractivity contribution >= 4 is 11.8 Å². The van der Waals surface area contributed by atoms with Crippen LogP contribution in [0, 0.1) is 0 Å². The normalized spacial score (nSPS) is 48.3. The molecule has 0 aromatic heterocycles. The first-order valence-corrected chi connectivity index (χ1v) is 3.79. The molecule has 0 spiro atoms. The summed E-state index contributed by atoms with van der Waals surface area (Å²) < 4.78 is 5.31. The Bertz CT molecular complexity index is 120. The van der Waals surface area contributed by atoms with E-state index in [0.29, 0.717) is 18.2 Å². The average molecular weight is 148 g/mol. The van der Waals surface area contributed by atoms with Crippen molar-refractivity contribution in [3.63, 3.8) is 0 Å². The standard InChI is InChI=1S/C6H10ClNO/c7-8-4-1-2-5-6(3-4)9-5/h4-6,8H,1-3H2. The van der Waals surface area contributed by atoms with Gasteiger partial charge < -0.3 is 4.74 Å². The lowest BCUT2D eigenvalue weighted by molar-refractivity contribution is 0.370. The summed E-state index contributed by atoms with van der Waals surface area (Å²) in [7, 11) is 0. The van der Waals surface area contributed by atoms with Gasteiger partial charge in [0.1, 0.15) is 0 Å². The number of epoxide rings is 1. The molecular weight excluding hydrogens is 138 g/mol. The van der Waals surface area contributed by atoms with Gasteiger partial charge in [0.2, 0.25) is 0 Å². The molecule has 52 valence electrons. The van der Waals surface area contributed by atoms with E-state index in [4.69, 9.17) is 16.5 Å². The number of rotatable bonds is 1. The van der Waals surface area contributed by atoms with Gasteiger partial charge in [0, 0.05) is 6.04 Å². The maximum atomic E-state index is 5.46. The van der Waals surface area contributed by atoms with Crippen LogP contribution in [0.25, 0.3) is 0 Å². The number of halogens is 1. The van der Waals surface area contributed by atoms with Crippen LogP contribution in [0.2, 0.25) is 0 Å². The molecule has 0 aromatic rings. The smallest absolute Gasteiger partial charge is 0.0857 e. The highest BCUT2D eigenvalue weighted by atomic mass is 35.5. The first kappa shape index (κ1) is 5.96. The number of fused-ring (bicyclic) bond motifs is 1. The Kier molecular flexibility index (Phi) is 1.40. The fourth-order valence-electron chi connectivity index (χ4n) is 1.50. The summed E-state index contributed by atoms with van der Waals surface area (Å²) in [6.45, 7) is 0. The van der Waals surface area contributed by atoms with Crippen molar-refractivity contribution in [1.29, 1.82) is 0 Å². The molecule has 1 aliphatic carbocycles. The Morgan fingerprint density at radius 2 is 2.22 bits per heavy atom. The molecule has 2 rings (SSSR count). The zero-order valence-electron chi connectivity index (χ0n) is 5.14. The fourth-order valence-corrected chi connectivity index (χ4v) is 1.70. The molecule has 3 atom stereocenters. The fraction of sp³-hybridized carbons (Fsp3) is 1.00. The Hall–Kier alpha value is 0.210. The largest absolute Gasteiger partial charge is 0.370 e. The quantitative estimate of drug-likeness (QED) is 0.443. The summed E-state index contributed by atoms with van der Waals surface area (Å²) in [5, 5.41) is 0. The molecule has 0 aromatic carbocycles. The van der Waals surface area contributed by atoms with Crippen LogP contribution in [0.4, 0.5) is 0 Å². The van der Waals surface area contributed by atoms with Gasteiger partial charge in [-0.2, -0.15) is 0 Å². The van der Waals surface area contributed by atoms with Crippen LogP contribution in [0.5, 0.6) is 0 Å². The third-order valence-corrected chi connectivity index (χ3v) is 2.47. The number of nitrogens with one attached hydrogen (secondary N) is 1. The topological polar surface area (TPSA) is 24.6 Å². The van der Waals surface area contributed by atoms with Crippen molar-refractivity contribution in [1.82, 2.24) is 4.84 Å². The summed E-state index contributed by atoms with van der Waals surface area (Å²) in [5.74, 6) is 0. The Labute approximate surface area is 59.6 Å². The van der Waals surface area contributed by atoms with Crippen LogP contribution in [0.1, 0.15) is 19.3 Å². The highest BCUT2D eigenvalue weighted by Crippen LogP contribution is 2.36. The molecule has 0 radical (unpaired) electrons. The Morgan fingerprint density at radius 1 is 1.33 bits per heavy atom. The second-order valence-corrected chi connectivity index (χ2v) is 3.05. The van der Waals surface area contributed by atoms with Crippen molar-refractivity contribution in [3.05, 3.63) is 0 Å². The first-order chi connectivity index (χ1) is 4.40. The predicted octanol–water partition coefficient (Wildman–Crippen LogP) is 1.05. The van der Waals surface area contributed by atoms with Crippen LogP contribution in [0.3, 0.4) is 0 Å². The molecule has 0 amide bonds. The summed E-state index contributed by atoms with van der Waals surface area (Å²) in [4.78, 5) is 2.75. The van der Waals surface area contributed by atoms with Crippen LogP contribution in [-0.2, 0) is 4.74 Å². The van der Waals surface area contributed by atoms with Crippen molar-refractivity contribution in [3.8, 4) is 0 Å². The minimum Gasteiger partial charge on any atom is -0.370 e. The second-order valence-electron chi connectivity index (χ2n) is 2.83. The molecule has 0 bridgehead atoms. The molecule has 2 aliphatic rings. The molecule has 9 heavy (non-hydrogen) atoms. The van der Waals surface area contributed by atoms with Gasteiger partial charge in [-0.3, -0.25) is 0 Å². The van der Waals surface area contributed by atoms with Crippen LogP contribution >= 0.6 is 11.8 Å². The van der Waals surface area contributed by atoms with Gasteiger partial charge in [0.25, 0.3) is 0 Å². The van der Waals surface area contributed by atoms with E-state index in [1.165, 1.54) is 12.8 Å². The van der Waals surface area contributed by atoms with Gasteiger partial charge in [-0.25, -0.2) is 4.84 Å². The van der Waals surface area contributed by atoms with E-state index in [9.17, 15) is 0 Å². The third kappa shape index (κ3) is 1.07. The van der Waals surface area contributed by atoms with E-state index >= 15 is 0 Å². The van der Waals surface area contributed by atoms with E-state index in [1.807, 2.05) is 0 Å². The molecule has 2 fully saturated rings. The molecule has 1 saturated carbocycles. The second kappa shape index (κ2) is 2.11. The zero-order valence-corrected chi connectivity index (χ0v) is 5.90. The highest BCUT2D eigenvalue weighted by Gasteiger charge is 2.43. The molecule has 1 heterocycles. The van der Waals surface area contributed by atoms with Gasteiger partial charge in [0.05, 0.1) is 12.2 Å². The van der Waals surface area contributed by atoms with E-state index in [1.54, 1.807) is 0 Å². The van der Waals surface area contributed by atoms with E-state index in [-0.39, 0.29) is 0 Å². The monoisotopic (exact) mass is 147 g/mol. The number of hydrogen-bond acceptors (Lipinski definition) is 2. The van der Waals surface area contributed by atoms with Gasteiger partial charge in [-0.15, -0.1) is 0 Å². The summed E-state index contributed by atoms with van der Waals surface area (Å²) in [6.07, 6.45) is 4.59. The lowest BCUT2D eigenvalue weighted by atomic mass is 9.96. The van der Waals surface area contributed by atoms with Gasteiger partial charge in [-0.05, 0) is 31.0 Å². The van der Waals surface area contributed by atoms with E-state index < -0.39 is 0 Å². The number of ether oxygens (including phenoxy) is 1. The van der Waals surface area contributed by atoms with Crippen molar-refractivity contribution in [2.45, 2.75) is 37.5 Å².